The van der Waals surface area contributed by atoms with Crippen LogP contribution in [0.25, 0.3) is 10.2 Å². The lowest BCUT2D eigenvalue weighted by atomic mass is 10.2. The van der Waals surface area contributed by atoms with Crippen LogP contribution in [0.5, 0.6) is 5.88 Å². The number of methoxy groups -OCH3 is 2. The van der Waals surface area contributed by atoms with E-state index < -0.39 is 5.97 Å². The Kier molecular flexibility index (Phi) is 2.55. The summed E-state index contributed by atoms with van der Waals surface area (Å²) in [7, 11) is 2.81. The molecule has 0 spiro atoms. The van der Waals surface area contributed by atoms with Gasteiger partial charge in [-0.1, -0.05) is 0 Å². The lowest BCUT2D eigenvalue weighted by Gasteiger charge is -2.05. The number of carbonyl (C=O) groups is 1. The van der Waals surface area contributed by atoms with E-state index >= 15 is 0 Å². The monoisotopic (exact) mass is 223 g/mol. The second-order valence-electron chi connectivity index (χ2n) is 2.85. The largest absolute Gasteiger partial charge is 0.480 e. The van der Waals surface area contributed by atoms with E-state index in [-0.39, 0.29) is 0 Å². The van der Waals surface area contributed by atoms with Crippen molar-refractivity contribution in [3.8, 4) is 5.88 Å². The molecule has 0 amide bonds. The third-order valence-electron chi connectivity index (χ3n) is 2.01. The Balaban J connectivity index is 2.64. The molecule has 0 aromatic carbocycles. The minimum Gasteiger partial charge on any atom is -0.480 e. The van der Waals surface area contributed by atoms with Crippen LogP contribution in [0.4, 0.5) is 0 Å². The highest BCUT2D eigenvalue weighted by atomic mass is 32.1. The van der Waals surface area contributed by atoms with Crippen molar-refractivity contribution in [3.05, 3.63) is 23.1 Å². The lowest BCUT2D eigenvalue weighted by molar-refractivity contribution is 0.0596. The molecule has 0 atom stereocenters. The predicted molar refractivity (Wildman–Crippen MR) is 57.5 cm³/mol. The lowest BCUT2D eigenvalue weighted by Crippen LogP contribution is -2.05. The number of hydrogen-bond donors (Lipinski definition) is 0. The molecule has 4 nitrogen and oxygen atoms in total. The van der Waals surface area contributed by atoms with Crippen molar-refractivity contribution < 1.29 is 14.3 Å². The summed E-state index contributed by atoms with van der Waals surface area (Å²) in [4.78, 5) is 16.5. The minimum absolute atomic E-state index is 0.303. The second kappa shape index (κ2) is 3.86. The van der Waals surface area contributed by atoms with Crippen LogP contribution in [-0.4, -0.2) is 25.2 Å². The molecule has 0 N–H and O–H groups in total. The van der Waals surface area contributed by atoms with Gasteiger partial charge >= 0.3 is 5.97 Å². The highest BCUT2D eigenvalue weighted by Gasteiger charge is 2.15. The summed E-state index contributed by atoms with van der Waals surface area (Å²) in [6, 6.07) is 3.63. The number of thiophene rings is 1. The molecule has 0 saturated carbocycles. The first-order chi connectivity index (χ1) is 7.26. The van der Waals surface area contributed by atoms with Gasteiger partial charge in [0.05, 0.1) is 14.2 Å². The van der Waals surface area contributed by atoms with E-state index in [2.05, 4.69) is 9.72 Å². The van der Waals surface area contributed by atoms with Gasteiger partial charge in [-0.05, 0) is 17.5 Å². The summed E-state index contributed by atoms with van der Waals surface area (Å²) in [6.07, 6.45) is 0. The third-order valence-corrected chi connectivity index (χ3v) is 2.83. The molecule has 2 heterocycles. The van der Waals surface area contributed by atoms with E-state index in [4.69, 9.17) is 4.74 Å². The molecule has 5 heteroatoms. The Morgan fingerprint density at radius 2 is 2.27 bits per heavy atom. The van der Waals surface area contributed by atoms with Crippen LogP contribution >= 0.6 is 11.3 Å². The first kappa shape index (κ1) is 9.92. The zero-order valence-electron chi connectivity index (χ0n) is 8.31. The number of ether oxygens (including phenoxy) is 2. The Hall–Kier alpha value is -1.62. The number of aromatic nitrogens is 1. The number of fused-ring (bicyclic) bond motifs is 1. The number of esters is 1. The molecule has 78 valence electrons. The average molecular weight is 223 g/mol. The molecule has 2 rings (SSSR count). The van der Waals surface area contributed by atoms with Crippen LogP contribution in [0, 0.1) is 0 Å². The van der Waals surface area contributed by atoms with E-state index in [0.29, 0.717) is 11.4 Å². The molecule has 2 aromatic heterocycles. The van der Waals surface area contributed by atoms with Crippen LogP contribution in [-0.2, 0) is 4.74 Å². The summed E-state index contributed by atoms with van der Waals surface area (Å²) in [5, 5.41) is 2.83. The molecular formula is C10H9NO3S. The van der Waals surface area contributed by atoms with Gasteiger partial charge in [-0.15, -0.1) is 11.3 Å². The number of rotatable bonds is 2. The summed E-state index contributed by atoms with van der Waals surface area (Å²) in [5.41, 5.74) is 0.353. The van der Waals surface area contributed by atoms with Gasteiger partial charge in [0, 0.05) is 5.39 Å². The first-order valence-corrected chi connectivity index (χ1v) is 5.14. The van der Waals surface area contributed by atoms with Crippen LogP contribution in [0.1, 0.15) is 10.4 Å². The Morgan fingerprint density at radius 3 is 2.93 bits per heavy atom. The van der Waals surface area contributed by atoms with E-state index in [0.717, 1.165) is 10.2 Å². The summed E-state index contributed by atoms with van der Waals surface area (Å²) in [6.45, 7) is 0. The molecular weight excluding hydrogens is 214 g/mol. The maximum absolute atomic E-state index is 11.4. The topological polar surface area (TPSA) is 48.4 Å². The maximum atomic E-state index is 11.4. The number of carbonyl (C=O) groups excluding carboxylic acids is 1. The normalized spacial score (nSPS) is 10.3. The summed E-state index contributed by atoms with van der Waals surface area (Å²) in [5.74, 6) is -0.135. The molecule has 0 unspecified atom stereocenters. The van der Waals surface area contributed by atoms with Gasteiger partial charge in [0.1, 0.15) is 10.4 Å². The second-order valence-corrected chi connectivity index (χ2v) is 3.75. The molecule has 2 aromatic rings. The van der Waals surface area contributed by atoms with Gasteiger partial charge in [0.2, 0.25) is 5.88 Å². The van der Waals surface area contributed by atoms with E-state index in [9.17, 15) is 4.79 Å². The van der Waals surface area contributed by atoms with E-state index in [1.54, 1.807) is 6.07 Å². The molecule has 0 fully saturated rings. The van der Waals surface area contributed by atoms with Gasteiger partial charge in [-0.25, -0.2) is 9.78 Å². The van der Waals surface area contributed by atoms with Crippen LogP contribution in [0.2, 0.25) is 0 Å². The number of pyridine rings is 1. The number of nitrogens with zero attached hydrogens (tertiary/aromatic N) is 1. The van der Waals surface area contributed by atoms with Crippen molar-refractivity contribution in [2.24, 2.45) is 0 Å². The van der Waals surface area contributed by atoms with Gasteiger partial charge in [-0.3, -0.25) is 0 Å². The van der Waals surface area contributed by atoms with Crippen LogP contribution in [0.15, 0.2) is 17.5 Å². The summed E-state index contributed by atoms with van der Waals surface area (Å²) < 4.78 is 9.69. The van der Waals surface area contributed by atoms with E-state index in [1.165, 1.54) is 25.6 Å². The van der Waals surface area contributed by atoms with Gasteiger partial charge in [0.25, 0.3) is 0 Å². The fraction of sp³-hybridized carbons (Fsp3) is 0.200. The van der Waals surface area contributed by atoms with Crippen molar-refractivity contribution >= 4 is 27.5 Å². The quantitative estimate of drug-likeness (QED) is 0.731. The SMILES string of the molecule is COC(=O)c1cc2ccsc2nc1OC. The molecule has 0 saturated heterocycles. The first-order valence-electron chi connectivity index (χ1n) is 4.27. The molecule has 0 aliphatic carbocycles. The van der Waals surface area contributed by atoms with Crippen molar-refractivity contribution in [1.29, 1.82) is 0 Å². The molecule has 0 bridgehead atoms. The molecule has 0 radical (unpaired) electrons. The fourth-order valence-corrected chi connectivity index (χ4v) is 2.04. The van der Waals surface area contributed by atoms with Crippen molar-refractivity contribution in [2.75, 3.05) is 14.2 Å². The molecule has 0 aliphatic heterocycles. The average Bonchev–Trinajstić information content (AvgIpc) is 2.73. The van der Waals surface area contributed by atoms with E-state index in [1.807, 2.05) is 11.4 Å². The molecule has 0 aliphatic rings. The van der Waals surface area contributed by atoms with Gasteiger partial charge < -0.3 is 9.47 Å². The van der Waals surface area contributed by atoms with Gasteiger partial charge in [-0.2, -0.15) is 0 Å². The Bertz CT molecular complexity index is 506. The Labute approximate surface area is 90.5 Å². The number of hydrogen-bond acceptors (Lipinski definition) is 5. The van der Waals surface area contributed by atoms with Crippen LogP contribution < -0.4 is 4.74 Å². The maximum Gasteiger partial charge on any atom is 0.343 e. The standard InChI is InChI=1S/C10H9NO3S/c1-13-8-7(10(12)14-2)5-6-3-4-15-9(6)11-8/h3-5H,1-2H3. The van der Waals surface area contributed by atoms with Crippen LogP contribution in [0.3, 0.4) is 0 Å². The minimum atomic E-state index is -0.438. The highest BCUT2D eigenvalue weighted by Crippen LogP contribution is 2.26. The predicted octanol–water partition coefficient (Wildman–Crippen LogP) is 2.09. The van der Waals surface area contributed by atoms with Crippen molar-refractivity contribution in [2.45, 2.75) is 0 Å². The summed E-state index contributed by atoms with van der Waals surface area (Å²) >= 11 is 1.50. The smallest absolute Gasteiger partial charge is 0.343 e. The fourth-order valence-electron chi connectivity index (χ4n) is 1.29. The van der Waals surface area contributed by atoms with Gasteiger partial charge in [0.15, 0.2) is 0 Å². The van der Waals surface area contributed by atoms with Crippen molar-refractivity contribution in [1.82, 2.24) is 4.98 Å². The highest BCUT2D eigenvalue weighted by molar-refractivity contribution is 7.16. The Morgan fingerprint density at radius 1 is 1.47 bits per heavy atom. The zero-order valence-corrected chi connectivity index (χ0v) is 9.13. The zero-order chi connectivity index (χ0) is 10.8. The third kappa shape index (κ3) is 1.66. The molecule has 15 heavy (non-hydrogen) atoms. The van der Waals surface area contributed by atoms with Crippen molar-refractivity contribution in [3.63, 3.8) is 0 Å².